The minimum absolute atomic E-state index is 0.0400. The summed E-state index contributed by atoms with van der Waals surface area (Å²) >= 11 is 0. The number of H-pyrrole nitrogens is 1. The Labute approximate surface area is 143 Å². The number of nitrogens with zero attached hydrogens (tertiary/aromatic N) is 4. The highest BCUT2D eigenvalue weighted by Gasteiger charge is 2.30. The summed E-state index contributed by atoms with van der Waals surface area (Å²) in [5.74, 6) is 1.05. The number of hydrogen-bond donors (Lipinski definition) is 2. The van der Waals surface area contributed by atoms with Gasteiger partial charge in [-0.2, -0.15) is 5.10 Å². The van der Waals surface area contributed by atoms with E-state index in [0.29, 0.717) is 23.9 Å². The van der Waals surface area contributed by atoms with Gasteiger partial charge in [-0.05, 0) is 24.3 Å². The number of fused-ring (bicyclic) bond motifs is 1. The molecule has 2 aromatic carbocycles. The van der Waals surface area contributed by atoms with E-state index in [9.17, 15) is 10.1 Å². The maximum Gasteiger partial charge on any atom is 0.269 e. The number of para-hydroxylation sites is 1. The molecule has 0 saturated carbocycles. The number of aromatic amines is 1. The molecule has 4 rings (SSSR count). The van der Waals surface area contributed by atoms with Gasteiger partial charge in [-0.3, -0.25) is 20.6 Å². The van der Waals surface area contributed by atoms with Gasteiger partial charge in [0, 0.05) is 23.5 Å². The zero-order valence-corrected chi connectivity index (χ0v) is 13.1. The van der Waals surface area contributed by atoms with Gasteiger partial charge in [0.05, 0.1) is 16.7 Å². The highest BCUT2D eigenvalue weighted by atomic mass is 16.6. The van der Waals surface area contributed by atoms with E-state index in [2.05, 4.69) is 10.2 Å². The van der Waals surface area contributed by atoms with Gasteiger partial charge in [-0.25, -0.2) is 0 Å². The molecular formula is C17H14N6O2. The van der Waals surface area contributed by atoms with Crippen LogP contribution in [0.5, 0.6) is 0 Å². The predicted molar refractivity (Wildman–Crippen MR) is 94.4 cm³/mol. The van der Waals surface area contributed by atoms with E-state index >= 15 is 0 Å². The van der Waals surface area contributed by atoms with Gasteiger partial charge in [0.25, 0.3) is 5.69 Å². The van der Waals surface area contributed by atoms with Crippen molar-refractivity contribution in [1.82, 2.24) is 10.2 Å². The molecule has 3 aromatic rings. The van der Waals surface area contributed by atoms with Crippen LogP contribution in [0.2, 0.25) is 0 Å². The summed E-state index contributed by atoms with van der Waals surface area (Å²) < 4.78 is 0. The topological polar surface area (TPSA) is 102 Å². The third-order valence-electron chi connectivity index (χ3n) is 4.14. The van der Waals surface area contributed by atoms with Crippen LogP contribution in [-0.4, -0.2) is 27.6 Å². The molecule has 0 spiro atoms. The first-order valence-electron chi connectivity index (χ1n) is 7.62. The lowest BCUT2D eigenvalue weighted by atomic mass is 10.1. The molecule has 25 heavy (non-hydrogen) atoms. The maximum atomic E-state index is 10.9. The summed E-state index contributed by atoms with van der Waals surface area (Å²) in [6.07, 6.45) is 1.62. The van der Waals surface area contributed by atoms with Gasteiger partial charge in [-0.1, -0.05) is 18.2 Å². The van der Waals surface area contributed by atoms with Crippen molar-refractivity contribution >= 4 is 28.7 Å². The summed E-state index contributed by atoms with van der Waals surface area (Å²) in [6.45, 7) is 0.399. The van der Waals surface area contributed by atoms with E-state index in [4.69, 9.17) is 5.41 Å². The zero-order chi connectivity index (χ0) is 17.4. The number of amidine groups is 1. The lowest BCUT2D eigenvalue weighted by Gasteiger charge is -2.37. The highest BCUT2D eigenvalue weighted by Crippen LogP contribution is 2.34. The number of aromatic nitrogens is 2. The van der Waals surface area contributed by atoms with Crippen LogP contribution < -0.4 is 9.80 Å². The third-order valence-corrected chi connectivity index (χ3v) is 4.14. The van der Waals surface area contributed by atoms with Crippen LogP contribution in [0.15, 0.2) is 60.8 Å². The van der Waals surface area contributed by atoms with Crippen LogP contribution in [0.4, 0.5) is 22.9 Å². The maximum absolute atomic E-state index is 10.9. The Morgan fingerprint density at radius 2 is 1.72 bits per heavy atom. The molecule has 0 aliphatic carbocycles. The number of nitro groups is 1. The van der Waals surface area contributed by atoms with Gasteiger partial charge in [0.15, 0.2) is 0 Å². The average Bonchev–Trinajstić information content (AvgIpc) is 3.13. The predicted octanol–water partition coefficient (Wildman–Crippen LogP) is 3.26. The molecule has 8 nitrogen and oxygen atoms in total. The fourth-order valence-electron chi connectivity index (χ4n) is 2.87. The molecule has 1 aliphatic heterocycles. The second-order valence-electron chi connectivity index (χ2n) is 5.59. The zero-order valence-electron chi connectivity index (χ0n) is 13.1. The Balaban J connectivity index is 1.76. The summed E-state index contributed by atoms with van der Waals surface area (Å²) in [6, 6.07) is 16.0. The fourth-order valence-corrected chi connectivity index (χ4v) is 2.87. The smallest absolute Gasteiger partial charge is 0.269 e. The quantitative estimate of drug-likeness (QED) is 0.565. The Hall–Kier alpha value is -3.68. The first kappa shape index (κ1) is 14.9. The van der Waals surface area contributed by atoms with Gasteiger partial charge >= 0.3 is 0 Å². The van der Waals surface area contributed by atoms with Crippen molar-refractivity contribution in [3.63, 3.8) is 0 Å². The summed E-state index contributed by atoms with van der Waals surface area (Å²) in [5, 5.41) is 26.3. The van der Waals surface area contributed by atoms with E-state index in [1.165, 1.54) is 12.1 Å². The van der Waals surface area contributed by atoms with Crippen molar-refractivity contribution < 1.29 is 4.92 Å². The van der Waals surface area contributed by atoms with Crippen molar-refractivity contribution in [2.24, 2.45) is 0 Å². The first-order chi connectivity index (χ1) is 12.1. The Morgan fingerprint density at radius 1 is 1.04 bits per heavy atom. The third kappa shape index (κ3) is 2.49. The first-order valence-corrected chi connectivity index (χ1v) is 7.62. The summed E-state index contributed by atoms with van der Waals surface area (Å²) in [7, 11) is 0. The Morgan fingerprint density at radius 3 is 2.40 bits per heavy atom. The van der Waals surface area contributed by atoms with Crippen LogP contribution >= 0.6 is 0 Å². The van der Waals surface area contributed by atoms with Gasteiger partial charge in [-0.15, -0.1) is 0 Å². The van der Waals surface area contributed by atoms with Crippen molar-refractivity contribution in [3.05, 3.63) is 76.5 Å². The summed E-state index contributed by atoms with van der Waals surface area (Å²) in [5.41, 5.74) is 2.39. The second-order valence-corrected chi connectivity index (χ2v) is 5.59. The van der Waals surface area contributed by atoms with E-state index in [-0.39, 0.29) is 5.69 Å². The monoisotopic (exact) mass is 334 g/mol. The Bertz CT molecular complexity index is 935. The van der Waals surface area contributed by atoms with Crippen LogP contribution in [0.3, 0.4) is 0 Å². The van der Waals surface area contributed by atoms with Crippen molar-refractivity contribution in [1.29, 1.82) is 5.41 Å². The van der Waals surface area contributed by atoms with E-state index in [0.717, 1.165) is 11.4 Å². The van der Waals surface area contributed by atoms with Crippen molar-refractivity contribution in [2.45, 2.75) is 0 Å². The number of anilines is 3. The molecular weight excluding hydrogens is 320 g/mol. The van der Waals surface area contributed by atoms with Crippen LogP contribution in [0, 0.1) is 15.5 Å². The minimum atomic E-state index is -0.423. The normalized spacial score (nSPS) is 13.7. The molecule has 8 heteroatoms. The van der Waals surface area contributed by atoms with E-state index < -0.39 is 4.92 Å². The fraction of sp³-hybridized carbons (Fsp3) is 0.0588. The van der Waals surface area contributed by atoms with Crippen molar-refractivity contribution in [3.8, 4) is 0 Å². The molecule has 1 aliphatic rings. The molecule has 0 saturated heterocycles. The van der Waals surface area contributed by atoms with Crippen LogP contribution in [-0.2, 0) is 0 Å². The average molecular weight is 334 g/mol. The Kier molecular flexibility index (Phi) is 3.42. The lowest BCUT2D eigenvalue weighted by molar-refractivity contribution is -0.384. The number of hydrogen-bond acceptors (Lipinski definition) is 5. The van der Waals surface area contributed by atoms with Gasteiger partial charge < -0.3 is 9.80 Å². The number of nitro benzene ring substituents is 1. The molecule has 0 amide bonds. The van der Waals surface area contributed by atoms with Gasteiger partial charge in [0.2, 0.25) is 0 Å². The van der Waals surface area contributed by atoms with Crippen LogP contribution in [0.25, 0.3) is 0 Å². The number of non-ortho nitro benzene ring substituents is 1. The van der Waals surface area contributed by atoms with Gasteiger partial charge in [0.1, 0.15) is 18.3 Å². The second kappa shape index (κ2) is 5.75. The highest BCUT2D eigenvalue weighted by molar-refractivity contribution is 6.13. The molecule has 0 atom stereocenters. The largest absolute Gasteiger partial charge is 0.308 e. The number of rotatable bonds is 3. The molecule has 2 heterocycles. The molecule has 0 unspecified atom stereocenters. The number of benzene rings is 2. The lowest BCUT2D eigenvalue weighted by Crippen LogP contribution is -2.44. The molecule has 2 N–H and O–H groups in total. The number of nitrogens with one attached hydrogen (secondary N) is 2. The van der Waals surface area contributed by atoms with E-state index in [1.807, 2.05) is 40.1 Å². The SMILES string of the molecule is N=C1c2cn[nH]c2N(c2ccc([N+](=O)[O-])cc2)CN1c1ccccc1. The standard InChI is InChI=1S/C17H14N6O2/c18-16-15-10-19-20-17(15)22(11-21(16)12-4-2-1-3-5-12)13-6-8-14(9-7-13)23(24)25/h1-10,18H,11H2,(H,19,20). The summed E-state index contributed by atoms with van der Waals surface area (Å²) in [4.78, 5) is 14.2. The molecule has 124 valence electrons. The van der Waals surface area contributed by atoms with E-state index in [1.54, 1.807) is 18.3 Å². The minimum Gasteiger partial charge on any atom is -0.308 e. The van der Waals surface area contributed by atoms with Crippen LogP contribution in [0.1, 0.15) is 5.56 Å². The molecule has 0 fully saturated rings. The molecule has 0 radical (unpaired) electrons. The van der Waals surface area contributed by atoms with Crippen molar-refractivity contribution in [2.75, 3.05) is 16.5 Å². The molecule has 0 bridgehead atoms. The molecule has 1 aromatic heterocycles.